The number of hydrogen-bond donors (Lipinski definition) is 1. The molecule has 3 rings (SSSR count). The molecular weight excluding hydrogens is 294 g/mol. The van der Waals surface area contributed by atoms with E-state index < -0.39 is 0 Å². The number of benzene rings is 1. The smallest absolute Gasteiger partial charge is 0.0632 e. The van der Waals surface area contributed by atoms with Gasteiger partial charge < -0.3 is 5.73 Å². The molecule has 2 N–H and O–H groups in total. The van der Waals surface area contributed by atoms with Crippen LogP contribution in [-0.2, 0) is 0 Å². The first-order chi connectivity index (χ1) is 11.7. The highest BCUT2D eigenvalue weighted by Gasteiger charge is 2.03. The third-order valence-electron chi connectivity index (χ3n) is 3.33. The summed E-state index contributed by atoms with van der Waals surface area (Å²) in [6.07, 6.45) is 6.89. The van der Waals surface area contributed by atoms with E-state index in [1.165, 1.54) is 0 Å². The Labute approximate surface area is 141 Å². The third kappa shape index (κ3) is 3.80. The normalized spacial score (nSPS) is 9.38. The van der Waals surface area contributed by atoms with Gasteiger partial charge >= 0.3 is 0 Å². The average Bonchev–Trinajstić information content (AvgIpc) is 2.62. The number of rotatable bonds is 0. The molecule has 3 aromatic rings. The van der Waals surface area contributed by atoms with Gasteiger partial charge in [-0.15, -0.1) is 0 Å². The second kappa shape index (κ2) is 7.13. The lowest BCUT2D eigenvalue weighted by Crippen LogP contribution is -1.96. The van der Waals surface area contributed by atoms with Crippen molar-refractivity contribution in [2.24, 2.45) is 0 Å². The lowest BCUT2D eigenvalue weighted by molar-refractivity contribution is 1.31. The van der Waals surface area contributed by atoms with Crippen LogP contribution in [0.15, 0.2) is 61.2 Å². The Bertz CT molecular complexity index is 891. The van der Waals surface area contributed by atoms with Gasteiger partial charge in [-0.2, -0.15) is 0 Å². The van der Waals surface area contributed by atoms with E-state index in [1.54, 1.807) is 24.8 Å². The summed E-state index contributed by atoms with van der Waals surface area (Å²) in [4.78, 5) is 8.11. The summed E-state index contributed by atoms with van der Waals surface area (Å²) in [5.74, 6) is 12.4. The van der Waals surface area contributed by atoms with Crippen molar-refractivity contribution in [3.8, 4) is 23.7 Å². The fraction of sp³-hybridized carbons (Fsp3) is 0.0476. The second-order valence-corrected chi connectivity index (χ2v) is 5.26. The van der Waals surface area contributed by atoms with Crippen molar-refractivity contribution in [3.05, 3.63) is 89.0 Å². The van der Waals surface area contributed by atoms with Crippen molar-refractivity contribution in [1.29, 1.82) is 0 Å². The van der Waals surface area contributed by atoms with Crippen molar-refractivity contribution in [2.45, 2.75) is 6.92 Å². The van der Waals surface area contributed by atoms with Gasteiger partial charge in [-0.3, -0.25) is 9.97 Å². The quantitative estimate of drug-likeness (QED) is 0.512. The van der Waals surface area contributed by atoms with Crippen molar-refractivity contribution in [2.75, 3.05) is 5.73 Å². The highest BCUT2D eigenvalue weighted by molar-refractivity contribution is 5.68. The molecule has 24 heavy (non-hydrogen) atoms. The lowest BCUT2D eigenvalue weighted by atomic mass is 10.0. The molecule has 0 unspecified atom stereocenters. The van der Waals surface area contributed by atoms with E-state index in [0.717, 1.165) is 27.8 Å². The molecule has 0 spiro atoms. The Balaban J connectivity index is 1.97. The molecule has 0 amide bonds. The molecule has 2 aromatic heterocycles. The molecule has 0 radical (unpaired) electrons. The van der Waals surface area contributed by atoms with Gasteiger partial charge in [0, 0.05) is 47.0 Å². The largest absolute Gasteiger partial charge is 0.397 e. The SMILES string of the molecule is Cc1cc(C#Cc2cccnc2)c(N)c(C#Cc2cccnc2)c1. The molecule has 3 nitrogen and oxygen atoms in total. The minimum atomic E-state index is 0.591. The van der Waals surface area contributed by atoms with E-state index in [-0.39, 0.29) is 0 Å². The predicted octanol–water partition coefficient (Wildman–Crippen LogP) is 3.17. The maximum atomic E-state index is 6.24. The fourth-order valence-corrected chi connectivity index (χ4v) is 2.16. The molecule has 3 heteroatoms. The number of nitrogens with zero attached hydrogens (tertiary/aromatic N) is 2. The predicted molar refractivity (Wildman–Crippen MR) is 96.0 cm³/mol. The molecule has 1 aromatic carbocycles. The number of aryl methyl sites for hydroxylation is 1. The number of aromatic nitrogens is 2. The molecule has 0 atom stereocenters. The summed E-state index contributed by atoms with van der Waals surface area (Å²) in [5.41, 5.74) is 11.1. The molecular formula is C21H15N3. The number of anilines is 1. The summed E-state index contributed by atoms with van der Waals surface area (Å²) in [7, 11) is 0. The average molecular weight is 309 g/mol. The van der Waals surface area contributed by atoms with Crippen LogP contribution < -0.4 is 5.73 Å². The van der Waals surface area contributed by atoms with Crippen LogP contribution in [0.3, 0.4) is 0 Å². The monoisotopic (exact) mass is 309 g/mol. The molecule has 0 aliphatic rings. The topological polar surface area (TPSA) is 51.8 Å². The van der Waals surface area contributed by atoms with Gasteiger partial charge in [-0.1, -0.05) is 23.7 Å². The Morgan fingerprint density at radius 1 is 0.792 bits per heavy atom. The van der Waals surface area contributed by atoms with Crippen LogP contribution >= 0.6 is 0 Å². The van der Waals surface area contributed by atoms with Crippen LogP contribution in [0.1, 0.15) is 27.8 Å². The molecule has 0 bridgehead atoms. The van der Waals surface area contributed by atoms with Crippen LogP contribution in [-0.4, -0.2) is 9.97 Å². The second-order valence-electron chi connectivity index (χ2n) is 5.26. The molecule has 0 fully saturated rings. The first-order valence-corrected chi connectivity index (χ1v) is 7.46. The maximum Gasteiger partial charge on any atom is 0.0632 e. The van der Waals surface area contributed by atoms with Crippen molar-refractivity contribution >= 4 is 5.69 Å². The molecule has 0 saturated carbocycles. The molecule has 0 saturated heterocycles. The number of pyridine rings is 2. The van der Waals surface area contributed by atoms with Gasteiger partial charge in [-0.25, -0.2) is 0 Å². The van der Waals surface area contributed by atoms with Gasteiger partial charge in [0.25, 0.3) is 0 Å². The Kier molecular flexibility index (Phi) is 4.56. The van der Waals surface area contributed by atoms with Gasteiger partial charge in [0.05, 0.1) is 5.69 Å². The summed E-state index contributed by atoms with van der Waals surface area (Å²) >= 11 is 0. The Hall–Kier alpha value is -3.56. The van der Waals surface area contributed by atoms with Gasteiger partial charge in [-0.05, 0) is 48.9 Å². The van der Waals surface area contributed by atoms with Gasteiger partial charge in [0.15, 0.2) is 0 Å². The van der Waals surface area contributed by atoms with Crippen LogP contribution in [0.25, 0.3) is 0 Å². The fourth-order valence-electron chi connectivity index (χ4n) is 2.16. The number of hydrogen-bond acceptors (Lipinski definition) is 3. The molecule has 2 heterocycles. The van der Waals surface area contributed by atoms with Crippen molar-refractivity contribution in [3.63, 3.8) is 0 Å². The third-order valence-corrected chi connectivity index (χ3v) is 3.33. The minimum Gasteiger partial charge on any atom is -0.397 e. The van der Waals surface area contributed by atoms with E-state index in [4.69, 9.17) is 5.73 Å². The zero-order valence-corrected chi connectivity index (χ0v) is 13.2. The Morgan fingerprint density at radius 3 is 1.71 bits per heavy atom. The molecule has 0 aliphatic heterocycles. The minimum absolute atomic E-state index is 0.591. The first kappa shape index (κ1) is 15.3. The van der Waals surface area contributed by atoms with Gasteiger partial charge in [0.1, 0.15) is 0 Å². The van der Waals surface area contributed by atoms with E-state index in [2.05, 4.69) is 33.6 Å². The van der Waals surface area contributed by atoms with E-state index in [9.17, 15) is 0 Å². The van der Waals surface area contributed by atoms with Crippen LogP contribution in [0.5, 0.6) is 0 Å². The number of nitrogen functional groups attached to an aromatic ring is 1. The summed E-state index contributed by atoms with van der Waals surface area (Å²) in [6.45, 7) is 2.00. The highest BCUT2D eigenvalue weighted by Crippen LogP contribution is 2.19. The Morgan fingerprint density at radius 2 is 1.29 bits per heavy atom. The van der Waals surface area contributed by atoms with E-state index in [0.29, 0.717) is 5.69 Å². The van der Waals surface area contributed by atoms with E-state index >= 15 is 0 Å². The van der Waals surface area contributed by atoms with Crippen LogP contribution in [0.4, 0.5) is 5.69 Å². The lowest BCUT2D eigenvalue weighted by Gasteiger charge is -2.04. The highest BCUT2D eigenvalue weighted by atomic mass is 14.6. The summed E-state index contributed by atoms with van der Waals surface area (Å²) < 4.78 is 0. The van der Waals surface area contributed by atoms with Gasteiger partial charge in [0.2, 0.25) is 0 Å². The summed E-state index contributed by atoms with van der Waals surface area (Å²) in [6, 6.07) is 11.5. The summed E-state index contributed by atoms with van der Waals surface area (Å²) in [5, 5.41) is 0. The van der Waals surface area contributed by atoms with Crippen LogP contribution in [0.2, 0.25) is 0 Å². The molecule has 0 aliphatic carbocycles. The molecule has 114 valence electrons. The maximum absolute atomic E-state index is 6.24. The first-order valence-electron chi connectivity index (χ1n) is 7.46. The number of nitrogens with two attached hydrogens (primary N) is 1. The zero-order chi connectivity index (χ0) is 16.8. The van der Waals surface area contributed by atoms with Crippen LogP contribution in [0, 0.1) is 30.6 Å². The van der Waals surface area contributed by atoms with E-state index in [1.807, 2.05) is 43.3 Å². The van der Waals surface area contributed by atoms with Crippen molar-refractivity contribution < 1.29 is 0 Å². The standard InChI is InChI=1S/C21H15N3/c1-16-12-19(8-6-17-4-2-10-23-14-17)21(22)20(13-16)9-7-18-5-3-11-24-15-18/h2-5,10-15H,22H2,1H3. The zero-order valence-electron chi connectivity index (χ0n) is 13.2. The van der Waals surface area contributed by atoms with Crippen molar-refractivity contribution in [1.82, 2.24) is 9.97 Å².